The fraction of sp³-hybridized carbons (Fsp3) is 1.00. The topological polar surface area (TPSA) is 73.9 Å². The monoisotopic (exact) mass is 207 g/mol. The van der Waals surface area contributed by atoms with E-state index in [0.29, 0.717) is 6.61 Å². The highest BCUT2D eigenvalue weighted by atomic mass is 16.5. The molecule has 4 unspecified atom stereocenters. The molecule has 0 amide bonds. The Morgan fingerprint density at radius 1 is 1.21 bits per heavy atom. The highest BCUT2D eigenvalue weighted by Gasteiger charge is 2.29. The highest BCUT2D eigenvalue weighted by molar-refractivity contribution is 4.78. The van der Waals surface area contributed by atoms with E-state index in [0.717, 1.165) is 0 Å². The van der Waals surface area contributed by atoms with Crippen LogP contribution < -0.4 is 5.73 Å². The Kier molecular flexibility index (Phi) is 7.04. The highest BCUT2D eigenvalue weighted by Crippen LogP contribution is 2.13. The van der Waals surface area contributed by atoms with Crippen molar-refractivity contribution in [2.45, 2.75) is 25.4 Å². The van der Waals surface area contributed by atoms with E-state index in [1.54, 1.807) is 7.11 Å². The summed E-state index contributed by atoms with van der Waals surface area (Å²) in [6.07, 6.45) is -1.97. The lowest BCUT2D eigenvalue weighted by molar-refractivity contribution is -0.112. The molecule has 5 heteroatoms. The first-order valence-corrected chi connectivity index (χ1v) is 4.56. The molecule has 14 heavy (non-hydrogen) atoms. The number of aliphatic hydroxyl groups excluding tert-OH is 1. The van der Waals surface area contributed by atoms with Crippen molar-refractivity contribution in [3.63, 3.8) is 0 Å². The van der Waals surface area contributed by atoms with E-state index in [2.05, 4.69) is 0 Å². The fourth-order valence-electron chi connectivity index (χ4n) is 1.39. The van der Waals surface area contributed by atoms with E-state index in [-0.39, 0.29) is 12.0 Å². The van der Waals surface area contributed by atoms with Crippen LogP contribution in [0.3, 0.4) is 0 Å². The van der Waals surface area contributed by atoms with Gasteiger partial charge in [-0.15, -0.1) is 0 Å². The van der Waals surface area contributed by atoms with Gasteiger partial charge < -0.3 is 25.1 Å². The van der Waals surface area contributed by atoms with E-state index in [9.17, 15) is 5.11 Å². The number of methoxy groups -OCH3 is 3. The maximum Gasteiger partial charge on any atom is 0.134 e. The average molecular weight is 207 g/mol. The van der Waals surface area contributed by atoms with Gasteiger partial charge in [0.05, 0.1) is 12.7 Å². The zero-order valence-electron chi connectivity index (χ0n) is 9.27. The van der Waals surface area contributed by atoms with Crippen molar-refractivity contribution in [2.24, 2.45) is 11.7 Å². The summed E-state index contributed by atoms with van der Waals surface area (Å²) in [5.74, 6) is 0.0567. The van der Waals surface area contributed by atoms with Crippen LogP contribution in [-0.2, 0) is 14.2 Å². The lowest BCUT2D eigenvalue weighted by atomic mass is 9.99. The molecule has 0 spiro atoms. The summed E-state index contributed by atoms with van der Waals surface area (Å²) in [6, 6.07) is 0. The Morgan fingerprint density at radius 2 is 1.79 bits per heavy atom. The molecular weight excluding hydrogens is 186 g/mol. The number of ether oxygens (including phenoxy) is 3. The van der Waals surface area contributed by atoms with E-state index in [1.807, 2.05) is 6.92 Å². The van der Waals surface area contributed by atoms with Crippen molar-refractivity contribution in [3.05, 3.63) is 0 Å². The minimum Gasteiger partial charge on any atom is -0.386 e. The first-order valence-electron chi connectivity index (χ1n) is 4.56. The van der Waals surface area contributed by atoms with Gasteiger partial charge >= 0.3 is 0 Å². The first-order chi connectivity index (χ1) is 6.58. The third kappa shape index (κ3) is 3.89. The van der Waals surface area contributed by atoms with Crippen molar-refractivity contribution < 1.29 is 19.3 Å². The Hall–Kier alpha value is -0.200. The van der Waals surface area contributed by atoms with Crippen LogP contribution in [0.5, 0.6) is 0 Å². The lowest BCUT2D eigenvalue weighted by Crippen LogP contribution is -2.48. The van der Waals surface area contributed by atoms with Crippen LogP contribution in [0, 0.1) is 5.92 Å². The van der Waals surface area contributed by atoms with E-state index in [4.69, 9.17) is 19.9 Å². The molecule has 0 aromatic carbocycles. The van der Waals surface area contributed by atoms with Crippen molar-refractivity contribution in [2.75, 3.05) is 27.9 Å². The second-order valence-corrected chi connectivity index (χ2v) is 3.32. The summed E-state index contributed by atoms with van der Waals surface area (Å²) in [5.41, 5.74) is 5.53. The third-order valence-electron chi connectivity index (χ3n) is 2.21. The first kappa shape index (κ1) is 13.8. The number of nitrogens with two attached hydrogens (primary N) is 1. The van der Waals surface area contributed by atoms with Gasteiger partial charge in [-0.1, -0.05) is 6.92 Å². The molecule has 5 nitrogen and oxygen atoms in total. The third-order valence-corrected chi connectivity index (χ3v) is 2.21. The molecule has 0 aliphatic rings. The van der Waals surface area contributed by atoms with Crippen LogP contribution in [0.4, 0.5) is 0 Å². The predicted octanol–water partition coefficient (Wildman–Crippen LogP) is -0.424. The Labute approximate surface area is 85.1 Å². The molecule has 4 atom stereocenters. The van der Waals surface area contributed by atoms with E-state index < -0.39 is 12.3 Å². The quantitative estimate of drug-likeness (QED) is 0.554. The SMILES string of the molecule is COCC(C)C(OC)C(O)C(N)OC. The Balaban J connectivity index is 4.23. The summed E-state index contributed by atoms with van der Waals surface area (Å²) in [7, 11) is 4.58. The molecular formula is C9H21NO4. The standard InChI is InChI=1S/C9H21NO4/c1-6(5-12-2)8(13-3)7(11)9(10)14-4/h6-9,11H,5,10H2,1-4H3. The minimum absolute atomic E-state index is 0.0567. The summed E-state index contributed by atoms with van der Waals surface area (Å²) < 4.78 is 15.0. The van der Waals surface area contributed by atoms with Crippen molar-refractivity contribution in [1.82, 2.24) is 0 Å². The molecule has 0 aliphatic carbocycles. The second kappa shape index (κ2) is 7.14. The van der Waals surface area contributed by atoms with Crippen LogP contribution in [-0.4, -0.2) is 51.5 Å². The molecule has 3 N–H and O–H groups in total. The lowest BCUT2D eigenvalue weighted by Gasteiger charge is -2.29. The zero-order valence-corrected chi connectivity index (χ0v) is 9.27. The van der Waals surface area contributed by atoms with Gasteiger partial charge in [-0.25, -0.2) is 0 Å². The normalized spacial score (nSPS) is 20.1. The molecule has 0 heterocycles. The van der Waals surface area contributed by atoms with Gasteiger partial charge in [0.25, 0.3) is 0 Å². The van der Waals surface area contributed by atoms with Crippen molar-refractivity contribution in [1.29, 1.82) is 0 Å². The number of hydrogen-bond donors (Lipinski definition) is 2. The molecule has 0 saturated heterocycles. The summed E-state index contributed by atoms with van der Waals surface area (Å²) >= 11 is 0. The number of hydrogen-bond acceptors (Lipinski definition) is 5. The summed E-state index contributed by atoms with van der Waals surface area (Å²) in [4.78, 5) is 0. The van der Waals surface area contributed by atoms with Gasteiger partial charge in [-0.05, 0) is 0 Å². The Morgan fingerprint density at radius 3 is 2.14 bits per heavy atom. The predicted molar refractivity (Wildman–Crippen MR) is 52.8 cm³/mol. The van der Waals surface area contributed by atoms with E-state index >= 15 is 0 Å². The van der Waals surface area contributed by atoms with Crippen LogP contribution in [0.1, 0.15) is 6.92 Å². The molecule has 86 valence electrons. The van der Waals surface area contributed by atoms with Crippen LogP contribution >= 0.6 is 0 Å². The molecule has 0 rings (SSSR count). The zero-order chi connectivity index (χ0) is 11.1. The molecule has 0 aromatic rings. The molecule has 0 bridgehead atoms. The maximum absolute atomic E-state index is 9.74. The molecule has 0 saturated carbocycles. The van der Waals surface area contributed by atoms with Gasteiger partial charge in [0.15, 0.2) is 0 Å². The molecule has 0 aliphatic heterocycles. The smallest absolute Gasteiger partial charge is 0.134 e. The number of aliphatic hydroxyl groups is 1. The van der Waals surface area contributed by atoms with E-state index in [1.165, 1.54) is 14.2 Å². The molecule has 0 aromatic heterocycles. The fourth-order valence-corrected chi connectivity index (χ4v) is 1.39. The van der Waals surface area contributed by atoms with Crippen LogP contribution in [0.2, 0.25) is 0 Å². The van der Waals surface area contributed by atoms with Gasteiger partial charge in [-0.3, -0.25) is 0 Å². The van der Waals surface area contributed by atoms with Crippen LogP contribution in [0.25, 0.3) is 0 Å². The summed E-state index contributed by atoms with van der Waals surface area (Å²) in [6.45, 7) is 2.43. The van der Waals surface area contributed by atoms with Crippen molar-refractivity contribution >= 4 is 0 Å². The molecule has 0 radical (unpaired) electrons. The molecule has 0 fully saturated rings. The largest absolute Gasteiger partial charge is 0.386 e. The number of rotatable bonds is 7. The Bertz CT molecular complexity index is 145. The van der Waals surface area contributed by atoms with Gasteiger partial charge in [0.2, 0.25) is 0 Å². The second-order valence-electron chi connectivity index (χ2n) is 3.32. The van der Waals surface area contributed by atoms with Gasteiger partial charge in [-0.2, -0.15) is 0 Å². The summed E-state index contributed by atoms with van der Waals surface area (Å²) in [5, 5.41) is 9.74. The van der Waals surface area contributed by atoms with Gasteiger partial charge in [0, 0.05) is 27.2 Å². The minimum atomic E-state index is -0.852. The average Bonchev–Trinajstić information content (AvgIpc) is 2.18. The maximum atomic E-state index is 9.74. The van der Waals surface area contributed by atoms with Gasteiger partial charge in [0.1, 0.15) is 12.3 Å². The van der Waals surface area contributed by atoms with Crippen LogP contribution in [0.15, 0.2) is 0 Å². The van der Waals surface area contributed by atoms with Crippen molar-refractivity contribution in [3.8, 4) is 0 Å².